The molecule has 0 aliphatic rings. The molecule has 0 unspecified atom stereocenters. The Balaban J connectivity index is 1.93. The van der Waals surface area contributed by atoms with E-state index in [2.05, 4.69) is 5.32 Å². The summed E-state index contributed by atoms with van der Waals surface area (Å²) in [4.78, 5) is 0. The van der Waals surface area contributed by atoms with Crippen molar-refractivity contribution in [1.29, 1.82) is 0 Å². The fourth-order valence-corrected chi connectivity index (χ4v) is 2.02. The Morgan fingerprint density at radius 3 is 2.05 bits per heavy atom. The van der Waals surface area contributed by atoms with Crippen LogP contribution in [-0.2, 0) is 16.1 Å². The summed E-state index contributed by atoms with van der Waals surface area (Å²) in [6, 6.07) is 15.9. The van der Waals surface area contributed by atoms with Gasteiger partial charge in [0, 0.05) is 32.5 Å². The monoisotopic (exact) mass is 287 g/mol. The Kier molecular flexibility index (Phi) is 5.60. The molecule has 0 aliphatic heterocycles. The lowest BCUT2D eigenvalue weighted by Crippen LogP contribution is -2.03. The van der Waals surface area contributed by atoms with Gasteiger partial charge in [-0.2, -0.15) is 0 Å². The lowest BCUT2D eigenvalue weighted by molar-refractivity contribution is -0.106. The Labute approximate surface area is 125 Å². The molecule has 4 heteroatoms. The second-order valence-electron chi connectivity index (χ2n) is 4.61. The SMILES string of the molecule is CNc1ccc(COc2ccc(C(OC)OC)cc2)cc1. The van der Waals surface area contributed by atoms with Crippen LogP contribution in [0.1, 0.15) is 17.4 Å². The molecule has 0 atom stereocenters. The van der Waals surface area contributed by atoms with Crippen LogP contribution in [-0.4, -0.2) is 21.3 Å². The predicted octanol–water partition coefficient (Wildman–Crippen LogP) is 3.60. The summed E-state index contributed by atoms with van der Waals surface area (Å²) in [7, 11) is 5.14. The summed E-state index contributed by atoms with van der Waals surface area (Å²) in [6.07, 6.45) is -0.340. The minimum absolute atomic E-state index is 0.340. The predicted molar refractivity (Wildman–Crippen MR) is 83.5 cm³/mol. The summed E-state index contributed by atoms with van der Waals surface area (Å²) in [5.74, 6) is 0.822. The van der Waals surface area contributed by atoms with Gasteiger partial charge >= 0.3 is 0 Å². The fourth-order valence-electron chi connectivity index (χ4n) is 2.02. The van der Waals surface area contributed by atoms with Crippen LogP contribution in [0.15, 0.2) is 48.5 Å². The zero-order valence-electron chi connectivity index (χ0n) is 12.6. The van der Waals surface area contributed by atoms with Gasteiger partial charge in [0.05, 0.1) is 0 Å². The van der Waals surface area contributed by atoms with Crippen LogP contribution < -0.4 is 10.1 Å². The molecule has 112 valence electrons. The van der Waals surface area contributed by atoms with Crippen LogP contribution in [0.2, 0.25) is 0 Å². The molecule has 0 heterocycles. The maximum absolute atomic E-state index is 5.77. The van der Waals surface area contributed by atoms with E-state index < -0.39 is 0 Å². The Morgan fingerprint density at radius 2 is 1.52 bits per heavy atom. The Hall–Kier alpha value is -2.04. The van der Waals surface area contributed by atoms with E-state index in [-0.39, 0.29) is 6.29 Å². The molecular formula is C17H21NO3. The first kappa shape index (κ1) is 15.4. The van der Waals surface area contributed by atoms with Crippen LogP contribution in [0.25, 0.3) is 0 Å². The average Bonchev–Trinajstić information content (AvgIpc) is 2.55. The molecular weight excluding hydrogens is 266 g/mol. The first-order valence-corrected chi connectivity index (χ1v) is 6.82. The zero-order valence-corrected chi connectivity index (χ0v) is 12.6. The van der Waals surface area contributed by atoms with Gasteiger partial charge in [-0.15, -0.1) is 0 Å². The number of rotatable bonds is 7. The lowest BCUT2D eigenvalue weighted by Gasteiger charge is -2.14. The third-order valence-corrected chi connectivity index (χ3v) is 3.23. The molecule has 0 saturated heterocycles. The number of hydrogen-bond donors (Lipinski definition) is 1. The average molecular weight is 287 g/mol. The summed E-state index contributed by atoms with van der Waals surface area (Å²) in [5.41, 5.74) is 3.18. The molecule has 21 heavy (non-hydrogen) atoms. The molecule has 0 fully saturated rings. The van der Waals surface area contributed by atoms with E-state index in [1.165, 1.54) is 0 Å². The lowest BCUT2D eigenvalue weighted by atomic mass is 10.2. The number of hydrogen-bond acceptors (Lipinski definition) is 4. The van der Waals surface area contributed by atoms with Gasteiger partial charge in [-0.1, -0.05) is 24.3 Å². The number of ether oxygens (including phenoxy) is 3. The van der Waals surface area contributed by atoms with E-state index in [4.69, 9.17) is 14.2 Å². The van der Waals surface area contributed by atoms with Crippen molar-refractivity contribution in [1.82, 2.24) is 0 Å². The van der Waals surface area contributed by atoms with Crippen molar-refractivity contribution >= 4 is 5.69 Å². The van der Waals surface area contributed by atoms with Gasteiger partial charge in [-0.3, -0.25) is 0 Å². The highest BCUT2D eigenvalue weighted by molar-refractivity contribution is 5.43. The van der Waals surface area contributed by atoms with E-state index in [0.717, 1.165) is 22.6 Å². The largest absolute Gasteiger partial charge is 0.489 e. The normalized spacial score (nSPS) is 10.7. The van der Waals surface area contributed by atoms with Gasteiger partial charge in [0.25, 0.3) is 0 Å². The molecule has 0 bridgehead atoms. The smallest absolute Gasteiger partial charge is 0.183 e. The molecule has 4 nitrogen and oxygen atoms in total. The quantitative estimate of drug-likeness (QED) is 0.790. The van der Waals surface area contributed by atoms with E-state index >= 15 is 0 Å². The molecule has 2 rings (SSSR count). The van der Waals surface area contributed by atoms with Gasteiger partial charge in [-0.05, 0) is 29.8 Å². The highest BCUT2D eigenvalue weighted by Crippen LogP contribution is 2.21. The number of nitrogens with one attached hydrogen (secondary N) is 1. The molecule has 0 saturated carbocycles. The number of anilines is 1. The second-order valence-corrected chi connectivity index (χ2v) is 4.61. The van der Waals surface area contributed by atoms with Crippen molar-refractivity contribution in [2.45, 2.75) is 12.9 Å². The van der Waals surface area contributed by atoms with Crippen LogP contribution in [0.4, 0.5) is 5.69 Å². The van der Waals surface area contributed by atoms with Gasteiger partial charge < -0.3 is 19.5 Å². The third kappa shape index (κ3) is 4.21. The summed E-state index contributed by atoms with van der Waals surface area (Å²) >= 11 is 0. The number of methoxy groups -OCH3 is 2. The molecule has 0 aliphatic carbocycles. The van der Waals surface area contributed by atoms with Crippen molar-refractivity contribution in [3.8, 4) is 5.75 Å². The second kappa shape index (κ2) is 7.67. The molecule has 2 aromatic rings. The Bertz CT molecular complexity index is 533. The molecule has 0 spiro atoms. The minimum Gasteiger partial charge on any atom is -0.489 e. The summed E-state index contributed by atoms with van der Waals surface area (Å²) < 4.78 is 16.2. The highest BCUT2D eigenvalue weighted by Gasteiger charge is 2.08. The standard InChI is InChI=1S/C17H21NO3/c1-18-15-8-4-13(5-9-15)12-21-16-10-6-14(7-11-16)17(19-2)20-3/h4-11,17-18H,12H2,1-3H3. The van der Waals surface area contributed by atoms with Gasteiger partial charge in [0.15, 0.2) is 6.29 Å². The molecule has 2 aromatic carbocycles. The van der Waals surface area contributed by atoms with Crippen LogP contribution in [0.5, 0.6) is 5.75 Å². The third-order valence-electron chi connectivity index (χ3n) is 3.23. The van der Waals surface area contributed by atoms with Gasteiger partial charge in [0.1, 0.15) is 12.4 Å². The zero-order chi connectivity index (χ0) is 15.1. The first-order chi connectivity index (χ1) is 10.3. The first-order valence-electron chi connectivity index (χ1n) is 6.82. The molecule has 0 radical (unpaired) electrons. The van der Waals surface area contributed by atoms with Crippen LogP contribution >= 0.6 is 0 Å². The van der Waals surface area contributed by atoms with E-state index in [0.29, 0.717) is 6.61 Å². The van der Waals surface area contributed by atoms with Crippen molar-refractivity contribution in [3.05, 3.63) is 59.7 Å². The van der Waals surface area contributed by atoms with Crippen LogP contribution in [0.3, 0.4) is 0 Å². The van der Waals surface area contributed by atoms with Crippen LogP contribution in [0, 0.1) is 0 Å². The van der Waals surface area contributed by atoms with Crippen molar-refractivity contribution in [3.63, 3.8) is 0 Å². The van der Waals surface area contributed by atoms with Crippen molar-refractivity contribution < 1.29 is 14.2 Å². The number of benzene rings is 2. The summed E-state index contributed by atoms with van der Waals surface area (Å²) in [5, 5.41) is 3.09. The maximum Gasteiger partial charge on any atom is 0.183 e. The van der Waals surface area contributed by atoms with Crippen molar-refractivity contribution in [2.24, 2.45) is 0 Å². The topological polar surface area (TPSA) is 39.7 Å². The fraction of sp³-hybridized carbons (Fsp3) is 0.294. The maximum atomic E-state index is 5.77. The van der Waals surface area contributed by atoms with Gasteiger partial charge in [0.2, 0.25) is 0 Å². The van der Waals surface area contributed by atoms with E-state index in [1.54, 1.807) is 14.2 Å². The highest BCUT2D eigenvalue weighted by atomic mass is 16.7. The van der Waals surface area contributed by atoms with Crippen molar-refractivity contribution in [2.75, 3.05) is 26.6 Å². The molecule has 1 N–H and O–H groups in total. The Morgan fingerprint density at radius 1 is 0.905 bits per heavy atom. The minimum atomic E-state index is -0.340. The molecule has 0 amide bonds. The van der Waals surface area contributed by atoms with E-state index in [1.807, 2.05) is 55.6 Å². The summed E-state index contributed by atoms with van der Waals surface area (Å²) in [6.45, 7) is 0.543. The molecule has 0 aromatic heterocycles. The van der Waals surface area contributed by atoms with E-state index in [9.17, 15) is 0 Å². The van der Waals surface area contributed by atoms with Gasteiger partial charge in [-0.25, -0.2) is 0 Å².